The van der Waals surface area contributed by atoms with Crippen molar-refractivity contribution in [2.75, 3.05) is 0 Å². The van der Waals surface area contributed by atoms with Crippen LogP contribution in [0.3, 0.4) is 0 Å². The molecule has 3 nitrogen and oxygen atoms in total. The number of aliphatic hydroxyl groups is 1. The molecule has 2 N–H and O–H groups in total. The lowest BCUT2D eigenvalue weighted by Crippen LogP contribution is -2.25. The third-order valence-electron chi connectivity index (χ3n) is 1.83. The number of aliphatic carboxylic acids is 1. The highest BCUT2D eigenvalue weighted by atomic mass is 16.4. The van der Waals surface area contributed by atoms with E-state index in [-0.39, 0.29) is 0 Å². The Labute approximate surface area is 88.4 Å². The monoisotopic (exact) mass is 204 g/mol. The maximum atomic E-state index is 10.2. The van der Waals surface area contributed by atoms with Crippen LogP contribution < -0.4 is 0 Å². The van der Waals surface area contributed by atoms with Gasteiger partial charge in [0.15, 0.2) is 0 Å². The summed E-state index contributed by atoms with van der Waals surface area (Å²) >= 11 is 0. The standard InChI is InChI=1S/C12H12O3/c1-12(15,8-7-11(13)14)9-10-5-3-2-4-6-10/h2-6,15H,9H2,1H3,(H,13,14)/t12-/m0/s1. The molecule has 0 fully saturated rings. The number of rotatable bonds is 2. The maximum absolute atomic E-state index is 10.2. The molecule has 15 heavy (non-hydrogen) atoms. The molecule has 78 valence electrons. The minimum absolute atomic E-state index is 0.314. The molecular formula is C12H12O3. The smallest absolute Gasteiger partial charge is 0.382 e. The Morgan fingerprint density at radius 3 is 2.53 bits per heavy atom. The molecule has 0 radical (unpaired) electrons. The van der Waals surface area contributed by atoms with Crippen molar-refractivity contribution in [3.05, 3.63) is 35.9 Å². The molecule has 0 amide bonds. The van der Waals surface area contributed by atoms with Gasteiger partial charge in [-0.1, -0.05) is 36.3 Å². The number of carbonyl (C=O) groups is 1. The molecule has 0 bridgehead atoms. The van der Waals surface area contributed by atoms with E-state index in [2.05, 4.69) is 5.92 Å². The number of carboxylic acid groups (broad SMARTS) is 1. The Kier molecular flexibility index (Phi) is 3.48. The van der Waals surface area contributed by atoms with Crippen LogP contribution in [-0.4, -0.2) is 21.8 Å². The van der Waals surface area contributed by atoms with E-state index < -0.39 is 11.6 Å². The molecular weight excluding hydrogens is 192 g/mol. The highest BCUT2D eigenvalue weighted by molar-refractivity contribution is 5.86. The van der Waals surface area contributed by atoms with Crippen molar-refractivity contribution in [2.45, 2.75) is 18.9 Å². The zero-order chi connectivity index (χ0) is 11.3. The van der Waals surface area contributed by atoms with Crippen LogP contribution in [0.4, 0.5) is 0 Å². The third-order valence-corrected chi connectivity index (χ3v) is 1.83. The lowest BCUT2D eigenvalue weighted by molar-refractivity contribution is -0.130. The van der Waals surface area contributed by atoms with Crippen molar-refractivity contribution in [3.8, 4) is 11.8 Å². The van der Waals surface area contributed by atoms with Crippen LogP contribution in [0.15, 0.2) is 30.3 Å². The van der Waals surface area contributed by atoms with Crippen LogP contribution in [0.5, 0.6) is 0 Å². The van der Waals surface area contributed by atoms with E-state index >= 15 is 0 Å². The van der Waals surface area contributed by atoms with Crippen LogP contribution in [-0.2, 0) is 11.2 Å². The quantitative estimate of drug-likeness (QED) is 0.708. The minimum atomic E-state index is -1.31. The largest absolute Gasteiger partial charge is 0.472 e. The summed E-state index contributed by atoms with van der Waals surface area (Å²) in [6.07, 6.45) is 0.314. The second-order valence-corrected chi connectivity index (χ2v) is 3.49. The first-order valence-electron chi connectivity index (χ1n) is 4.52. The molecule has 0 aromatic heterocycles. The van der Waals surface area contributed by atoms with Gasteiger partial charge in [-0.05, 0) is 12.5 Å². The molecule has 1 atom stereocenters. The van der Waals surface area contributed by atoms with Gasteiger partial charge in [0.05, 0.1) is 0 Å². The molecule has 0 saturated heterocycles. The van der Waals surface area contributed by atoms with Crippen molar-refractivity contribution in [1.29, 1.82) is 0 Å². The van der Waals surface area contributed by atoms with Crippen LogP contribution in [0.1, 0.15) is 12.5 Å². The number of benzene rings is 1. The fourth-order valence-electron chi connectivity index (χ4n) is 1.23. The fraction of sp³-hybridized carbons (Fsp3) is 0.250. The first-order valence-corrected chi connectivity index (χ1v) is 4.52. The number of hydrogen-bond acceptors (Lipinski definition) is 2. The van der Waals surface area contributed by atoms with Crippen LogP contribution in [0.25, 0.3) is 0 Å². The summed E-state index contributed by atoms with van der Waals surface area (Å²) in [6, 6.07) is 9.31. The predicted molar refractivity (Wildman–Crippen MR) is 56.2 cm³/mol. The van der Waals surface area contributed by atoms with Gasteiger partial charge in [0.2, 0.25) is 0 Å². The Bertz CT molecular complexity index is 396. The normalized spacial score (nSPS) is 13.5. The molecule has 0 saturated carbocycles. The van der Waals surface area contributed by atoms with Crippen molar-refractivity contribution in [2.24, 2.45) is 0 Å². The summed E-state index contributed by atoms with van der Waals surface area (Å²) in [6.45, 7) is 1.50. The molecule has 1 aromatic rings. The lowest BCUT2D eigenvalue weighted by Gasteiger charge is -2.15. The maximum Gasteiger partial charge on any atom is 0.382 e. The van der Waals surface area contributed by atoms with Crippen LogP contribution >= 0.6 is 0 Å². The van der Waals surface area contributed by atoms with E-state index in [1.165, 1.54) is 6.92 Å². The van der Waals surface area contributed by atoms with Gasteiger partial charge in [-0.2, -0.15) is 0 Å². The van der Waals surface area contributed by atoms with Gasteiger partial charge in [-0.15, -0.1) is 0 Å². The van der Waals surface area contributed by atoms with Gasteiger partial charge in [0.25, 0.3) is 0 Å². The molecule has 0 aliphatic heterocycles. The summed E-state index contributed by atoms with van der Waals surface area (Å²) < 4.78 is 0. The van der Waals surface area contributed by atoms with Gasteiger partial charge in [0, 0.05) is 12.3 Å². The number of carboxylic acids is 1. The summed E-state index contributed by atoms with van der Waals surface area (Å²) in [5.41, 5.74) is -0.387. The second kappa shape index (κ2) is 4.63. The highest BCUT2D eigenvalue weighted by Gasteiger charge is 2.17. The van der Waals surface area contributed by atoms with Gasteiger partial charge in [-0.3, -0.25) is 0 Å². The Balaban J connectivity index is 2.74. The first kappa shape index (κ1) is 11.3. The minimum Gasteiger partial charge on any atom is -0.472 e. The molecule has 1 rings (SSSR count). The summed E-state index contributed by atoms with van der Waals surface area (Å²) in [4.78, 5) is 10.2. The van der Waals surface area contributed by atoms with Gasteiger partial charge in [0.1, 0.15) is 5.60 Å². The molecule has 0 heterocycles. The molecule has 0 unspecified atom stereocenters. The van der Waals surface area contributed by atoms with Crippen molar-refractivity contribution < 1.29 is 15.0 Å². The van der Waals surface area contributed by atoms with Crippen molar-refractivity contribution in [3.63, 3.8) is 0 Å². The Hall–Kier alpha value is -1.79. The van der Waals surface area contributed by atoms with Crippen molar-refractivity contribution in [1.82, 2.24) is 0 Å². The summed E-state index contributed by atoms with van der Waals surface area (Å²) in [7, 11) is 0. The third kappa shape index (κ3) is 4.30. The topological polar surface area (TPSA) is 57.5 Å². The molecule has 0 aliphatic rings. The molecule has 0 aliphatic carbocycles. The van der Waals surface area contributed by atoms with E-state index in [4.69, 9.17) is 5.11 Å². The van der Waals surface area contributed by atoms with Crippen LogP contribution in [0, 0.1) is 11.8 Å². The van der Waals surface area contributed by atoms with Crippen LogP contribution in [0.2, 0.25) is 0 Å². The molecule has 3 heteroatoms. The van der Waals surface area contributed by atoms with E-state index in [1.54, 1.807) is 0 Å². The number of hydrogen-bond donors (Lipinski definition) is 2. The second-order valence-electron chi connectivity index (χ2n) is 3.49. The zero-order valence-electron chi connectivity index (χ0n) is 8.40. The zero-order valence-corrected chi connectivity index (χ0v) is 8.40. The summed E-state index contributed by atoms with van der Waals surface area (Å²) in [5.74, 6) is 3.00. The first-order chi connectivity index (χ1) is 6.99. The van der Waals surface area contributed by atoms with Gasteiger partial charge in [-0.25, -0.2) is 4.79 Å². The highest BCUT2D eigenvalue weighted by Crippen LogP contribution is 2.11. The van der Waals surface area contributed by atoms with Gasteiger partial charge < -0.3 is 10.2 Å². The Morgan fingerprint density at radius 2 is 2.00 bits per heavy atom. The van der Waals surface area contributed by atoms with E-state index in [0.29, 0.717) is 6.42 Å². The van der Waals surface area contributed by atoms with E-state index in [1.807, 2.05) is 36.3 Å². The molecule has 1 aromatic carbocycles. The lowest BCUT2D eigenvalue weighted by atomic mass is 9.97. The van der Waals surface area contributed by atoms with E-state index in [0.717, 1.165) is 5.56 Å². The van der Waals surface area contributed by atoms with Gasteiger partial charge >= 0.3 is 5.97 Å². The fourth-order valence-corrected chi connectivity index (χ4v) is 1.23. The Morgan fingerprint density at radius 1 is 1.40 bits per heavy atom. The predicted octanol–water partition coefficient (Wildman–Crippen LogP) is 1.07. The SMILES string of the molecule is C[C@](O)(C#CC(=O)O)Cc1ccccc1. The van der Waals surface area contributed by atoms with E-state index in [9.17, 15) is 9.90 Å². The molecule has 0 spiro atoms. The average Bonchev–Trinajstić information content (AvgIpc) is 2.16. The van der Waals surface area contributed by atoms with Crippen molar-refractivity contribution >= 4 is 5.97 Å². The average molecular weight is 204 g/mol. The summed E-state index contributed by atoms with van der Waals surface area (Å²) in [5, 5.41) is 18.1.